The van der Waals surface area contributed by atoms with Crippen LogP contribution < -0.4 is 10.6 Å². The fourth-order valence-electron chi connectivity index (χ4n) is 1.95. The van der Waals surface area contributed by atoms with Gasteiger partial charge in [0.05, 0.1) is 6.42 Å². The quantitative estimate of drug-likeness (QED) is 0.748. The van der Waals surface area contributed by atoms with E-state index in [1.165, 1.54) is 0 Å². The second-order valence-corrected chi connectivity index (χ2v) is 4.31. The topological polar surface area (TPSA) is 74.0 Å². The van der Waals surface area contributed by atoms with E-state index in [0.717, 1.165) is 16.5 Å². The highest BCUT2D eigenvalue weighted by atomic mass is 16.2. The van der Waals surface area contributed by atoms with Gasteiger partial charge in [-0.1, -0.05) is 18.2 Å². The fourth-order valence-corrected chi connectivity index (χ4v) is 1.95. The van der Waals surface area contributed by atoms with Gasteiger partial charge in [-0.2, -0.15) is 0 Å². The van der Waals surface area contributed by atoms with Gasteiger partial charge >= 0.3 is 0 Å². The van der Waals surface area contributed by atoms with Crippen LogP contribution in [0.2, 0.25) is 0 Å². The molecule has 1 aromatic carbocycles. The molecule has 0 aliphatic carbocycles. The van der Waals surface area contributed by atoms with Crippen LogP contribution in [0.5, 0.6) is 0 Å². The summed E-state index contributed by atoms with van der Waals surface area (Å²) in [5.74, 6) is -0.152. The Balaban J connectivity index is 1.90. The molecule has 19 heavy (non-hydrogen) atoms. The first-order valence-corrected chi connectivity index (χ1v) is 6.23. The lowest BCUT2D eigenvalue weighted by molar-refractivity contribution is -0.121. The molecule has 1 aromatic heterocycles. The Morgan fingerprint density at radius 2 is 2.00 bits per heavy atom. The molecule has 2 aromatic rings. The Labute approximate surface area is 111 Å². The number of para-hydroxylation sites is 1. The number of benzene rings is 1. The molecule has 0 aliphatic rings. The maximum absolute atomic E-state index is 11.8. The molecule has 5 heteroatoms. The molecule has 0 bridgehead atoms. The van der Waals surface area contributed by atoms with Gasteiger partial charge in [0.25, 0.3) is 0 Å². The minimum Gasteiger partial charge on any atom is -0.361 e. The van der Waals surface area contributed by atoms with E-state index in [1.807, 2.05) is 30.5 Å². The third-order valence-corrected chi connectivity index (χ3v) is 2.98. The predicted octanol–water partition coefficient (Wildman–Crippen LogP) is 0.963. The number of aromatic amines is 1. The molecule has 0 fully saturated rings. The monoisotopic (exact) mass is 259 g/mol. The first kappa shape index (κ1) is 13.1. The summed E-state index contributed by atoms with van der Waals surface area (Å²) in [7, 11) is 1.58. The van der Waals surface area contributed by atoms with Crippen molar-refractivity contribution < 1.29 is 9.59 Å². The van der Waals surface area contributed by atoms with Crippen LogP contribution in [-0.4, -0.2) is 30.4 Å². The van der Waals surface area contributed by atoms with Crippen molar-refractivity contribution in [2.45, 2.75) is 12.8 Å². The second-order valence-electron chi connectivity index (χ2n) is 4.31. The van der Waals surface area contributed by atoms with Crippen molar-refractivity contribution in [2.24, 2.45) is 0 Å². The molecule has 0 saturated carbocycles. The number of rotatable bonds is 5. The molecule has 3 N–H and O–H groups in total. The molecule has 2 amide bonds. The third kappa shape index (κ3) is 3.34. The van der Waals surface area contributed by atoms with Crippen molar-refractivity contribution in [2.75, 3.05) is 13.6 Å². The summed E-state index contributed by atoms with van der Waals surface area (Å²) < 4.78 is 0. The zero-order chi connectivity index (χ0) is 13.7. The highest BCUT2D eigenvalue weighted by Crippen LogP contribution is 2.17. The Morgan fingerprint density at radius 3 is 2.79 bits per heavy atom. The summed E-state index contributed by atoms with van der Waals surface area (Å²) in [4.78, 5) is 25.9. The van der Waals surface area contributed by atoms with Crippen molar-refractivity contribution in [1.29, 1.82) is 0 Å². The molecule has 0 atom stereocenters. The number of carbonyl (C=O) groups excluding carboxylic acids is 2. The number of carbonyl (C=O) groups is 2. The molecule has 0 saturated heterocycles. The number of nitrogens with one attached hydrogen (secondary N) is 3. The van der Waals surface area contributed by atoms with Gasteiger partial charge in [0.15, 0.2) is 0 Å². The van der Waals surface area contributed by atoms with Crippen LogP contribution in [0.3, 0.4) is 0 Å². The molecule has 1 heterocycles. The zero-order valence-electron chi connectivity index (χ0n) is 10.8. The van der Waals surface area contributed by atoms with Gasteiger partial charge in [0, 0.05) is 37.1 Å². The van der Waals surface area contributed by atoms with Crippen molar-refractivity contribution in [3.63, 3.8) is 0 Å². The number of amides is 2. The van der Waals surface area contributed by atoms with Crippen LogP contribution in [0.1, 0.15) is 12.0 Å². The maximum atomic E-state index is 11.8. The van der Waals surface area contributed by atoms with Crippen LogP contribution in [-0.2, 0) is 16.0 Å². The average molecular weight is 259 g/mol. The van der Waals surface area contributed by atoms with E-state index in [-0.39, 0.29) is 11.8 Å². The minimum atomic E-state index is -0.0765. The van der Waals surface area contributed by atoms with Gasteiger partial charge in [-0.25, -0.2) is 0 Å². The number of aromatic nitrogens is 1. The molecule has 5 nitrogen and oxygen atoms in total. The van der Waals surface area contributed by atoms with E-state index in [4.69, 9.17) is 0 Å². The highest BCUT2D eigenvalue weighted by Gasteiger charge is 2.08. The van der Waals surface area contributed by atoms with Crippen LogP contribution in [0, 0.1) is 0 Å². The molecule has 100 valence electrons. The SMILES string of the molecule is CNC(=O)CCNC(=O)Cc1c[nH]c2ccccc12. The third-order valence-electron chi connectivity index (χ3n) is 2.98. The second kappa shape index (κ2) is 6.04. The Hall–Kier alpha value is -2.30. The normalized spacial score (nSPS) is 10.4. The van der Waals surface area contributed by atoms with Gasteiger partial charge in [0.1, 0.15) is 0 Å². The number of hydrogen-bond acceptors (Lipinski definition) is 2. The van der Waals surface area contributed by atoms with E-state index >= 15 is 0 Å². The Bertz CT molecular complexity index is 589. The van der Waals surface area contributed by atoms with E-state index < -0.39 is 0 Å². The molecular weight excluding hydrogens is 242 g/mol. The molecule has 0 spiro atoms. The largest absolute Gasteiger partial charge is 0.361 e. The first-order chi connectivity index (χ1) is 9.20. The van der Waals surface area contributed by atoms with E-state index in [9.17, 15) is 9.59 Å². The van der Waals surface area contributed by atoms with Crippen molar-refractivity contribution >= 4 is 22.7 Å². The van der Waals surface area contributed by atoms with Gasteiger partial charge in [-0.05, 0) is 11.6 Å². The summed E-state index contributed by atoms with van der Waals surface area (Å²) >= 11 is 0. The Morgan fingerprint density at radius 1 is 1.21 bits per heavy atom. The smallest absolute Gasteiger partial charge is 0.224 e. The number of H-pyrrole nitrogens is 1. The fraction of sp³-hybridized carbons (Fsp3) is 0.286. The maximum Gasteiger partial charge on any atom is 0.224 e. The minimum absolute atomic E-state index is 0.0753. The van der Waals surface area contributed by atoms with E-state index in [0.29, 0.717) is 19.4 Å². The summed E-state index contributed by atoms with van der Waals surface area (Å²) in [5, 5.41) is 6.31. The standard InChI is InChI=1S/C14H17N3O2/c1-15-13(18)6-7-16-14(19)8-10-9-17-12-5-3-2-4-11(10)12/h2-5,9,17H,6-8H2,1H3,(H,15,18)(H,16,19). The van der Waals surface area contributed by atoms with Gasteiger partial charge in [0.2, 0.25) is 11.8 Å². The Kier molecular flexibility index (Phi) is 4.18. The van der Waals surface area contributed by atoms with Crippen molar-refractivity contribution in [3.8, 4) is 0 Å². The van der Waals surface area contributed by atoms with Gasteiger partial charge in [-0.3, -0.25) is 9.59 Å². The number of fused-ring (bicyclic) bond motifs is 1. The molecule has 2 rings (SSSR count). The molecular formula is C14H17N3O2. The summed E-state index contributed by atoms with van der Waals surface area (Å²) in [5.41, 5.74) is 1.99. The van der Waals surface area contributed by atoms with Crippen LogP contribution in [0.25, 0.3) is 10.9 Å². The summed E-state index contributed by atoms with van der Waals surface area (Å²) in [6.45, 7) is 0.362. The van der Waals surface area contributed by atoms with Crippen molar-refractivity contribution in [1.82, 2.24) is 15.6 Å². The predicted molar refractivity (Wildman–Crippen MR) is 73.7 cm³/mol. The lowest BCUT2D eigenvalue weighted by atomic mass is 10.1. The molecule has 0 unspecified atom stereocenters. The summed E-state index contributed by atoms with van der Waals surface area (Å²) in [6, 6.07) is 7.86. The van der Waals surface area contributed by atoms with Crippen LogP contribution in [0.4, 0.5) is 0 Å². The van der Waals surface area contributed by atoms with Gasteiger partial charge in [-0.15, -0.1) is 0 Å². The first-order valence-electron chi connectivity index (χ1n) is 6.23. The van der Waals surface area contributed by atoms with Gasteiger partial charge < -0.3 is 15.6 Å². The lowest BCUT2D eigenvalue weighted by Crippen LogP contribution is -2.30. The summed E-state index contributed by atoms with van der Waals surface area (Å²) in [6.07, 6.45) is 2.47. The van der Waals surface area contributed by atoms with Crippen molar-refractivity contribution in [3.05, 3.63) is 36.0 Å². The number of hydrogen-bond donors (Lipinski definition) is 3. The highest BCUT2D eigenvalue weighted by molar-refractivity contribution is 5.89. The van der Waals surface area contributed by atoms with E-state index in [2.05, 4.69) is 15.6 Å². The van der Waals surface area contributed by atoms with Crippen LogP contribution in [0.15, 0.2) is 30.5 Å². The molecule has 0 aliphatic heterocycles. The average Bonchev–Trinajstić information content (AvgIpc) is 2.82. The lowest BCUT2D eigenvalue weighted by Gasteiger charge is -2.04. The zero-order valence-corrected chi connectivity index (χ0v) is 10.8. The molecule has 0 radical (unpaired) electrons. The van der Waals surface area contributed by atoms with Crippen LogP contribution >= 0.6 is 0 Å². The van der Waals surface area contributed by atoms with E-state index in [1.54, 1.807) is 7.05 Å².